The Kier molecular flexibility index (Phi) is 7.07. The third kappa shape index (κ3) is 4.95. The van der Waals surface area contributed by atoms with E-state index in [1.54, 1.807) is 36.4 Å². The Balaban J connectivity index is 1.68. The summed E-state index contributed by atoms with van der Waals surface area (Å²) in [6, 6.07) is 19.8. The van der Waals surface area contributed by atoms with Crippen LogP contribution in [-0.4, -0.2) is 32.7 Å². The third-order valence-corrected chi connectivity index (χ3v) is 6.77. The molecular weight excluding hydrogens is 509 g/mol. The van der Waals surface area contributed by atoms with Crippen molar-refractivity contribution in [2.75, 3.05) is 0 Å². The number of fused-ring (bicyclic) bond motifs is 1. The predicted molar refractivity (Wildman–Crippen MR) is 144 cm³/mol. The summed E-state index contributed by atoms with van der Waals surface area (Å²) in [4.78, 5) is 40.6. The Morgan fingerprint density at radius 1 is 1.03 bits per heavy atom. The molecule has 1 aromatic heterocycles. The molecule has 1 aliphatic heterocycles. The summed E-state index contributed by atoms with van der Waals surface area (Å²) in [6.45, 7) is 0. The number of H-pyrrole nitrogens is 1. The second-order valence-electron chi connectivity index (χ2n) is 9.03. The summed E-state index contributed by atoms with van der Waals surface area (Å²) in [5.41, 5.74) is 2.42. The van der Waals surface area contributed by atoms with Crippen LogP contribution in [0.4, 0.5) is 4.39 Å². The van der Waals surface area contributed by atoms with Crippen LogP contribution in [0.3, 0.4) is 0 Å². The third-order valence-electron chi connectivity index (χ3n) is 6.54. The van der Waals surface area contributed by atoms with Gasteiger partial charge in [0.15, 0.2) is 0 Å². The molecule has 2 N–H and O–H groups in total. The summed E-state index contributed by atoms with van der Waals surface area (Å²) >= 11 is 6.33. The van der Waals surface area contributed by atoms with Gasteiger partial charge in [0.2, 0.25) is 5.91 Å². The molecule has 192 valence electrons. The number of aromatic nitrogens is 1. The van der Waals surface area contributed by atoms with Crippen LogP contribution in [0, 0.1) is 5.82 Å². The number of hydrogen-bond donors (Lipinski definition) is 2. The van der Waals surface area contributed by atoms with E-state index in [0.717, 1.165) is 5.56 Å². The topological polar surface area (TPSA) is 103 Å². The van der Waals surface area contributed by atoms with Crippen LogP contribution in [0.5, 0.6) is 0 Å². The van der Waals surface area contributed by atoms with E-state index >= 15 is 0 Å². The van der Waals surface area contributed by atoms with Crippen molar-refractivity contribution in [1.29, 1.82) is 0 Å². The second kappa shape index (κ2) is 10.6. The van der Waals surface area contributed by atoms with Gasteiger partial charge in [-0.25, -0.2) is 9.40 Å². The maximum atomic E-state index is 14.9. The number of benzene rings is 3. The summed E-state index contributed by atoms with van der Waals surface area (Å²) in [6.07, 6.45) is -0.0442. The maximum Gasteiger partial charge on any atom is 0.303 e. The molecule has 0 bridgehead atoms. The van der Waals surface area contributed by atoms with Crippen LogP contribution in [0.15, 0.2) is 82.7 Å². The molecule has 1 amide bonds. The lowest BCUT2D eigenvalue weighted by atomic mass is 9.91. The molecule has 0 saturated heterocycles. The molecule has 0 aliphatic carbocycles. The zero-order valence-electron chi connectivity index (χ0n) is 20.2. The van der Waals surface area contributed by atoms with E-state index in [2.05, 4.69) is 10.1 Å². The predicted octanol–water partition coefficient (Wildman–Crippen LogP) is 5.92. The number of halogens is 2. The maximum absolute atomic E-state index is 14.9. The van der Waals surface area contributed by atoms with Crippen LogP contribution < -0.4 is 5.56 Å². The lowest BCUT2D eigenvalue weighted by molar-refractivity contribution is -0.137. The van der Waals surface area contributed by atoms with Gasteiger partial charge in [0, 0.05) is 46.3 Å². The molecule has 0 saturated carbocycles. The minimum Gasteiger partial charge on any atom is -0.481 e. The van der Waals surface area contributed by atoms with E-state index in [1.165, 1.54) is 11.1 Å². The van der Waals surface area contributed by atoms with Gasteiger partial charge < -0.3 is 10.1 Å². The number of carbonyl (C=O) groups is 2. The number of pyridine rings is 1. The number of aliphatic carboxylic acids is 1. The largest absolute Gasteiger partial charge is 0.481 e. The van der Waals surface area contributed by atoms with E-state index in [1.807, 2.05) is 30.3 Å². The van der Waals surface area contributed by atoms with Crippen molar-refractivity contribution in [1.82, 2.24) is 9.99 Å². The van der Waals surface area contributed by atoms with Gasteiger partial charge in [-0.05, 0) is 36.2 Å². The highest BCUT2D eigenvalue weighted by atomic mass is 35.5. The fourth-order valence-electron chi connectivity index (χ4n) is 4.83. The number of hydrogen-bond acceptors (Lipinski definition) is 4. The summed E-state index contributed by atoms with van der Waals surface area (Å²) in [7, 11) is 0. The van der Waals surface area contributed by atoms with E-state index in [4.69, 9.17) is 16.7 Å². The Morgan fingerprint density at radius 3 is 2.50 bits per heavy atom. The van der Waals surface area contributed by atoms with E-state index in [-0.39, 0.29) is 36.8 Å². The molecule has 1 unspecified atom stereocenters. The second-order valence-corrected chi connectivity index (χ2v) is 9.47. The fraction of sp³-hybridized carbons (Fsp3) is 0.172. The van der Waals surface area contributed by atoms with E-state index < -0.39 is 29.3 Å². The molecule has 3 aromatic carbocycles. The average Bonchev–Trinajstić information content (AvgIpc) is 3.33. The summed E-state index contributed by atoms with van der Waals surface area (Å²) in [5, 5.41) is 15.9. The number of carboxylic acids is 1. The Bertz CT molecular complexity index is 1630. The van der Waals surface area contributed by atoms with Gasteiger partial charge >= 0.3 is 5.97 Å². The van der Waals surface area contributed by atoms with Crippen molar-refractivity contribution in [3.63, 3.8) is 0 Å². The lowest BCUT2D eigenvalue weighted by Crippen LogP contribution is -2.27. The standard InChI is InChI=1S/C29H23ClFN3O4/c30-18-13-14-22-20(15-18)27(17-7-2-1-3-8-17)28(29(38)32-22)23-16-24(19-9-4-5-10-21(19)31)34(33-23)25(35)11-6-12-26(36)37/h1-5,7-10,13-15,24H,6,11-12,16H2,(H,32,38)(H,36,37). The van der Waals surface area contributed by atoms with Crippen LogP contribution in [0.1, 0.15) is 42.9 Å². The molecule has 7 nitrogen and oxygen atoms in total. The van der Waals surface area contributed by atoms with Crippen LogP contribution in [0.2, 0.25) is 5.02 Å². The van der Waals surface area contributed by atoms with E-state index in [9.17, 15) is 18.8 Å². The number of carboxylic acid groups (broad SMARTS) is 1. The van der Waals surface area contributed by atoms with Crippen molar-refractivity contribution >= 4 is 40.1 Å². The SMILES string of the molecule is O=C(O)CCCC(=O)N1N=C(c2c(-c3ccccc3)c3cc(Cl)ccc3[nH]c2=O)CC1c1ccccc1F. The number of amides is 1. The molecule has 0 radical (unpaired) electrons. The molecule has 9 heteroatoms. The van der Waals surface area contributed by atoms with Crippen molar-refractivity contribution in [2.45, 2.75) is 31.7 Å². The fourth-order valence-corrected chi connectivity index (χ4v) is 5.00. The number of rotatable bonds is 7. The summed E-state index contributed by atoms with van der Waals surface area (Å²) in [5.74, 6) is -1.96. The Morgan fingerprint density at radius 2 is 1.76 bits per heavy atom. The molecule has 38 heavy (non-hydrogen) atoms. The van der Waals surface area contributed by atoms with Gasteiger partial charge in [0.25, 0.3) is 5.56 Å². The van der Waals surface area contributed by atoms with Gasteiger partial charge in [-0.15, -0.1) is 0 Å². The molecule has 0 fully saturated rings. The molecule has 1 aliphatic rings. The van der Waals surface area contributed by atoms with E-state index in [0.29, 0.717) is 27.2 Å². The number of nitrogens with one attached hydrogen (secondary N) is 1. The minimum atomic E-state index is -1.01. The van der Waals surface area contributed by atoms with Gasteiger partial charge in [0.1, 0.15) is 5.82 Å². The first-order valence-electron chi connectivity index (χ1n) is 12.1. The highest BCUT2D eigenvalue weighted by Crippen LogP contribution is 2.38. The minimum absolute atomic E-state index is 0.0801. The number of hydrazone groups is 1. The van der Waals surface area contributed by atoms with Crippen LogP contribution in [-0.2, 0) is 9.59 Å². The normalized spacial score (nSPS) is 15.1. The van der Waals surface area contributed by atoms with Crippen molar-refractivity contribution in [2.24, 2.45) is 5.10 Å². The highest BCUT2D eigenvalue weighted by Gasteiger charge is 2.36. The van der Waals surface area contributed by atoms with Gasteiger partial charge in [-0.3, -0.25) is 14.4 Å². The number of nitrogens with zero attached hydrogens (tertiary/aromatic N) is 2. The highest BCUT2D eigenvalue weighted by molar-refractivity contribution is 6.31. The first-order valence-corrected chi connectivity index (χ1v) is 12.5. The average molecular weight is 532 g/mol. The van der Waals surface area contributed by atoms with Crippen molar-refractivity contribution in [3.8, 4) is 11.1 Å². The first-order chi connectivity index (χ1) is 18.3. The molecule has 2 heterocycles. The number of carbonyl (C=O) groups excluding carboxylic acids is 1. The Labute approximate surface area is 222 Å². The first kappa shape index (κ1) is 25.4. The zero-order valence-corrected chi connectivity index (χ0v) is 20.9. The molecule has 4 aromatic rings. The van der Waals surface area contributed by atoms with Gasteiger partial charge in [0.05, 0.1) is 17.3 Å². The van der Waals surface area contributed by atoms with Crippen LogP contribution in [0.25, 0.3) is 22.0 Å². The zero-order chi connectivity index (χ0) is 26.8. The van der Waals surface area contributed by atoms with Crippen molar-refractivity contribution < 1.29 is 19.1 Å². The van der Waals surface area contributed by atoms with Gasteiger partial charge in [-0.2, -0.15) is 5.10 Å². The van der Waals surface area contributed by atoms with Gasteiger partial charge in [-0.1, -0.05) is 60.1 Å². The summed E-state index contributed by atoms with van der Waals surface area (Å²) < 4.78 is 14.9. The van der Waals surface area contributed by atoms with Crippen LogP contribution >= 0.6 is 11.6 Å². The molecule has 0 spiro atoms. The quantitative estimate of drug-likeness (QED) is 0.309. The molecular formula is C29H23ClFN3O4. The molecule has 5 rings (SSSR count). The lowest BCUT2D eigenvalue weighted by Gasteiger charge is -2.22. The number of aromatic amines is 1. The monoisotopic (exact) mass is 531 g/mol. The smallest absolute Gasteiger partial charge is 0.303 e. The molecule has 1 atom stereocenters. The van der Waals surface area contributed by atoms with Crippen molar-refractivity contribution in [3.05, 3.63) is 105 Å². The Hall–Kier alpha value is -4.30.